The maximum atomic E-state index is 12.2. The number of carbonyl (C=O) groups is 2. The number of carbonyl (C=O) groups excluding carboxylic acids is 2. The Morgan fingerprint density at radius 1 is 1.00 bits per heavy atom. The molecule has 1 aliphatic rings. The van der Waals surface area contributed by atoms with Crippen molar-refractivity contribution >= 4 is 34.7 Å². The van der Waals surface area contributed by atoms with Crippen molar-refractivity contribution in [1.82, 2.24) is 0 Å². The molecule has 4 rings (SSSR count). The molecule has 3 aromatic rings. The largest absolute Gasteiger partial charge is 0.427 e. The first-order valence-electron chi connectivity index (χ1n) is 8.39. The highest BCUT2D eigenvalue weighted by atomic mass is 16.6. The molecule has 0 N–H and O–H groups in total. The molecule has 0 unspecified atom stereocenters. The first-order valence-corrected chi connectivity index (χ1v) is 8.39. The topological polar surface area (TPSA) is 65.0 Å². The molecular weight excluding hydrogens is 342 g/mol. The summed E-state index contributed by atoms with van der Waals surface area (Å²) in [6.45, 7) is 1.34. The molecule has 1 heterocycles. The maximum absolute atomic E-state index is 12.2. The second-order valence-corrected chi connectivity index (χ2v) is 6.06. The van der Waals surface area contributed by atoms with Gasteiger partial charge in [-0.3, -0.25) is 4.79 Å². The zero-order valence-electron chi connectivity index (χ0n) is 14.5. The fourth-order valence-corrected chi connectivity index (χ4v) is 2.81. The van der Waals surface area contributed by atoms with E-state index in [1.54, 1.807) is 30.3 Å². The third-order valence-corrected chi connectivity index (χ3v) is 4.06. The molecule has 0 bridgehead atoms. The minimum atomic E-state index is -0.498. The number of nitrogens with zero attached hydrogens (tertiary/aromatic N) is 1. The Morgan fingerprint density at radius 2 is 1.74 bits per heavy atom. The molecule has 0 aliphatic carbocycles. The van der Waals surface area contributed by atoms with Crippen LogP contribution in [0.15, 0.2) is 77.4 Å². The lowest BCUT2D eigenvalue weighted by atomic mass is 10.1. The van der Waals surface area contributed by atoms with Crippen LogP contribution in [0.2, 0.25) is 0 Å². The summed E-state index contributed by atoms with van der Waals surface area (Å²) in [5, 5.41) is 2.15. The molecule has 0 aromatic heterocycles. The van der Waals surface area contributed by atoms with Gasteiger partial charge in [0.15, 0.2) is 5.70 Å². The summed E-state index contributed by atoms with van der Waals surface area (Å²) in [5.41, 5.74) is 1.72. The first-order chi connectivity index (χ1) is 13.1. The van der Waals surface area contributed by atoms with Crippen LogP contribution in [0.3, 0.4) is 0 Å². The Kier molecular flexibility index (Phi) is 4.26. The van der Waals surface area contributed by atoms with E-state index in [-0.39, 0.29) is 17.6 Å². The van der Waals surface area contributed by atoms with Crippen LogP contribution in [0, 0.1) is 0 Å². The number of benzene rings is 3. The molecular formula is C22H15NO4. The average Bonchev–Trinajstić information content (AvgIpc) is 3.03. The molecule has 27 heavy (non-hydrogen) atoms. The van der Waals surface area contributed by atoms with Gasteiger partial charge in [0.05, 0.1) is 0 Å². The van der Waals surface area contributed by atoms with E-state index in [9.17, 15) is 9.59 Å². The molecule has 1 aliphatic heterocycles. The highest BCUT2D eigenvalue weighted by Crippen LogP contribution is 2.23. The van der Waals surface area contributed by atoms with Crippen LogP contribution in [0.25, 0.3) is 16.8 Å². The number of esters is 2. The Balaban J connectivity index is 1.61. The van der Waals surface area contributed by atoms with Gasteiger partial charge < -0.3 is 9.47 Å². The van der Waals surface area contributed by atoms with Crippen molar-refractivity contribution in [2.24, 2.45) is 4.99 Å². The van der Waals surface area contributed by atoms with E-state index < -0.39 is 5.97 Å². The fraction of sp³-hybridized carbons (Fsp3) is 0.0455. The summed E-state index contributed by atoms with van der Waals surface area (Å²) < 4.78 is 10.3. The summed E-state index contributed by atoms with van der Waals surface area (Å²) in [4.78, 5) is 27.5. The van der Waals surface area contributed by atoms with E-state index in [0.717, 1.165) is 21.9 Å². The number of cyclic esters (lactones) is 1. The molecule has 0 atom stereocenters. The van der Waals surface area contributed by atoms with E-state index in [4.69, 9.17) is 9.47 Å². The van der Waals surface area contributed by atoms with Gasteiger partial charge in [0.25, 0.3) is 0 Å². The van der Waals surface area contributed by atoms with Crippen molar-refractivity contribution in [3.63, 3.8) is 0 Å². The maximum Gasteiger partial charge on any atom is 0.363 e. The zero-order valence-corrected chi connectivity index (χ0v) is 14.5. The van der Waals surface area contributed by atoms with Gasteiger partial charge in [0.2, 0.25) is 5.90 Å². The molecule has 0 saturated carbocycles. The Hall–Kier alpha value is -3.73. The Bertz CT molecular complexity index is 1110. The number of aliphatic imine (C=N–C) groups is 1. The lowest BCUT2D eigenvalue weighted by Gasteiger charge is -2.02. The van der Waals surface area contributed by atoms with Gasteiger partial charge in [-0.2, -0.15) is 0 Å². The zero-order chi connectivity index (χ0) is 18.8. The number of rotatable bonds is 3. The van der Waals surface area contributed by atoms with Crippen LogP contribution in [0.5, 0.6) is 5.75 Å². The van der Waals surface area contributed by atoms with E-state index in [1.165, 1.54) is 6.92 Å². The number of hydrogen-bond donors (Lipinski definition) is 0. The van der Waals surface area contributed by atoms with E-state index >= 15 is 0 Å². The predicted molar refractivity (Wildman–Crippen MR) is 102 cm³/mol. The average molecular weight is 357 g/mol. The quantitative estimate of drug-likeness (QED) is 0.402. The highest BCUT2D eigenvalue weighted by molar-refractivity contribution is 6.13. The van der Waals surface area contributed by atoms with Gasteiger partial charge in [-0.1, -0.05) is 42.5 Å². The lowest BCUT2D eigenvalue weighted by Crippen LogP contribution is -2.05. The molecule has 0 fully saturated rings. The molecule has 5 nitrogen and oxygen atoms in total. The van der Waals surface area contributed by atoms with Crippen molar-refractivity contribution in [3.8, 4) is 5.75 Å². The second-order valence-electron chi connectivity index (χ2n) is 6.06. The highest BCUT2D eigenvalue weighted by Gasteiger charge is 2.24. The molecule has 3 aromatic carbocycles. The molecule has 0 amide bonds. The molecule has 0 radical (unpaired) electrons. The number of ether oxygens (including phenoxy) is 2. The minimum Gasteiger partial charge on any atom is -0.427 e. The Morgan fingerprint density at radius 3 is 2.48 bits per heavy atom. The summed E-state index contributed by atoms with van der Waals surface area (Å²) in [5.74, 6) is -0.153. The van der Waals surface area contributed by atoms with Crippen molar-refractivity contribution in [1.29, 1.82) is 0 Å². The molecule has 0 spiro atoms. The van der Waals surface area contributed by atoms with Gasteiger partial charge in [-0.15, -0.1) is 0 Å². The van der Waals surface area contributed by atoms with Gasteiger partial charge >= 0.3 is 11.9 Å². The van der Waals surface area contributed by atoms with Crippen LogP contribution in [0.1, 0.15) is 18.1 Å². The number of fused-ring (bicyclic) bond motifs is 1. The fourth-order valence-electron chi connectivity index (χ4n) is 2.81. The van der Waals surface area contributed by atoms with E-state index in [0.29, 0.717) is 5.75 Å². The van der Waals surface area contributed by atoms with Gasteiger partial charge in [0.1, 0.15) is 5.75 Å². The van der Waals surface area contributed by atoms with E-state index in [2.05, 4.69) is 4.99 Å². The van der Waals surface area contributed by atoms with Gasteiger partial charge in [-0.25, -0.2) is 9.79 Å². The Labute approximate surface area is 155 Å². The third-order valence-electron chi connectivity index (χ3n) is 4.06. The van der Waals surface area contributed by atoms with Crippen LogP contribution in [-0.2, 0) is 14.3 Å². The molecule has 0 saturated heterocycles. The normalized spacial score (nSPS) is 14.9. The monoisotopic (exact) mass is 357 g/mol. The van der Waals surface area contributed by atoms with Crippen molar-refractivity contribution in [2.75, 3.05) is 0 Å². The minimum absolute atomic E-state index is 0.221. The van der Waals surface area contributed by atoms with E-state index in [1.807, 2.05) is 42.5 Å². The standard InChI is InChI=1S/C22H15NO4/c1-14(24)26-19-10-6-15(7-11-19)12-20-22(25)27-21(23-20)18-9-8-16-4-2-3-5-17(16)13-18/h2-13H,1H3/b20-12-. The third kappa shape index (κ3) is 3.62. The van der Waals surface area contributed by atoms with Gasteiger partial charge in [0, 0.05) is 12.5 Å². The summed E-state index contributed by atoms with van der Waals surface area (Å²) in [6.07, 6.45) is 1.63. The molecule has 5 heteroatoms. The first kappa shape index (κ1) is 16.7. The van der Waals surface area contributed by atoms with Crippen LogP contribution < -0.4 is 4.74 Å². The van der Waals surface area contributed by atoms with Gasteiger partial charge in [-0.05, 0) is 46.7 Å². The smallest absolute Gasteiger partial charge is 0.363 e. The summed E-state index contributed by atoms with van der Waals surface area (Å²) in [6, 6.07) is 20.5. The lowest BCUT2D eigenvalue weighted by molar-refractivity contribution is -0.132. The van der Waals surface area contributed by atoms with Crippen molar-refractivity contribution < 1.29 is 19.1 Å². The predicted octanol–water partition coefficient (Wildman–Crippen LogP) is 4.11. The summed E-state index contributed by atoms with van der Waals surface area (Å²) >= 11 is 0. The van der Waals surface area contributed by atoms with Crippen LogP contribution in [0.4, 0.5) is 0 Å². The molecule has 132 valence electrons. The number of hydrogen-bond acceptors (Lipinski definition) is 5. The van der Waals surface area contributed by atoms with Crippen LogP contribution >= 0.6 is 0 Å². The second kappa shape index (κ2) is 6.88. The van der Waals surface area contributed by atoms with Crippen LogP contribution in [-0.4, -0.2) is 17.8 Å². The van der Waals surface area contributed by atoms with Crippen molar-refractivity contribution in [3.05, 3.63) is 83.6 Å². The summed E-state index contributed by atoms with van der Waals surface area (Å²) in [7, 11) is 0. The van der Waals surface area contributed by atoms with Crippen molar-refractivity contribution in [2.45, 2.75) is 6.92 Å². The SMILES string of the molecule is CC(=O)Oc1ccc(/C=C2\N=C(c3ccc4ccccc4c3)OC2=O)cc1.